The SMILES string of the molecule is CS(=O)(=O)O.NN=CNC(=O)C1=Cc2ccccc2CCC1. The highest BCUT2D eigenvalue weighted by molar-refractivity contribution is 7.85. The summed E-state index contributed by atoms with van der Waals surface area (Å²) in [4.78, 5) is 11.8. The lowest BCUT2D eigenvalue weighted by molar-refractivity contribution is -0.116. The minimum absolute atomic E-state index is 0.129. The largest absolute Gasteiger partial charge is 0.322 e. The molecule has 1 aromatic rings. The van der Waals surface area contributed by atoms with Gasteiger partial charge in [-0.15, -0.1) is 0 Å². The number of hydrogen-bond acceptors (Lipinski definition) is 5. The number of fused-ring (bicyclic) bond motifs is 1. The molecule has 1 aliphatic rings. The molecule has 7 nitrogen and oxygen atoms in total. The summed E-state index contributed by atoms with van der Waals surface area (Å²) in [5.41, 5.74) is 3.19. The molecule has 22 heavy (non-hydrogen) atoms. The van der Waals surface area contributed by atoms with Crippen molar-refractivity contribution in [3.63, 3.8) is 0 Å². The van der Waals surface area contributed by atoms with E-state index in [9.17, 15) is 13.2 Å². The Morgan fingerprint density at radius 1 is 1.36 bits per heavy atom. The van der Waals surface area contributed by atoms with Gasteiger partial charge in [-0.25, -0.2) is 0 Å². The summed E-state index contributed by atoms with van der Waals surface area (Å²) < 4.78 is 25.9. The van der Waals surface area contributed by atoms with Crippen molar-refractivity contribution < 1.29 is 17.8 Å². The molecule has 1 aliphatic carbocycles. The number of carbonyl (C=O) groups excluding carboxylic acids is 1. The maximum Gasteiger partial charge on any atom is 0.261 e. The molecule has 0 unspecified atom stereocenters. The van der Waals surface area contributed by atoms with Gasteiger partial charge in [0.25, 0.3) is 16.0 Å². The first-order valence-corrected chi connectivity index (χ1v) is 8.39. The first kappa shape index (κ1) is 17.9. The van der Waals surface area contributed by atoms with E-state index in [-0.39, 0.29) is 5.91 Å². The highest BCUT2D eigenvalue weighted by Gasteiger charge is 2.13. The predicted molar refractivity (Wildman–Crippen MR) is 85.7 cm³/mol. The number of benzene rings is 1. The number of carbonyl (C=O) groups is 1. The number of rotatable bonds is 2. The normalized spacial score (nSPS) is 14.2. The molecule has 0 bridgehead atoms. The Balaban J connectivity index is 0.000000422. The zero-order valence-corrected chi connectivity index (χ0v) is 13.0. The summed E-state index contributed by atoms with van der Waals surface area (Å²) in [7, 11) is -3.67. The quantitative estimate of drug-likeness (QED) is 0.245. The standard InChI is InChI=1S/C13H15N3O.CH4O3S/c14-16-9-15-13(17)12-7-3-6-10-4-1-2-5-11(10)8-12;1-5(2,3)4/h1-2,4-5,8-9H,3,6-7,14H2,(H,15,16,17);1H3,(H,2,3,4). The van der Waals surface area contributed by atoms with Crippen molar-refractivity contribution in [1.29, 1.82) is 0 Å². The average Bonchev–Trinajstić information content (AvgIpc) is 2.65. The predicted octanol–water partition coefficient (Wildman–Crippen LogP) is 0.929. The van der Waals surface area contributed by atoms with E-state index in [1.54, 1.807) is 0 Å². The van der Waals surface area contributed by atoms with Gasteiger partial charge in [0.15, 0.2) is 0 Å². The zero-order valence-electron chi connectivity index (χ0n) is 12.2. The minimum atomic E-state index is -3.67. The smallest absolute Gasteiger partial charge is 0.261 e. The van der Waals surface area contributed by atoms with Gasteiger partial charge < -0.3 is 11.2 Å². The molecule has 2 rings (SSSR count). The molecule has 0 saturated carbocycles. The number of hydrazone groups is 1. The maximum absolute atomic E-state index is 11.8. The lowest BCUT2D eigenvalue weighted by Gasteiger charge is -2.02. The number of nitrogens with two attached hydrogens (primary N) is 1. The van der Waals surface area contributed by atoms with Gasteiger partial charge in [0.05, 0.1) is 6.26 Å². The molecular formula is C14H19N3O4S. The third-order valence-corrected chi connectivity index (χ3v) is 2.84. The van der Waals surface area contributed by atoms with Crippen LogP contribution in [0.1, 0.15) is 24.0 Å². The Kier molecular flexibility index (Phi) is 6.74. The average molecular weight is 325 g/mol. The van der Waals surface area contributed by atoms with Crippen LogP contribution in [0.2, 0.25) is 0 Å². The second-order valence-corrected chi connectivity index (χ2v) is 6.17. The number of nitrogens with one attached hydrogen (secondary N) is 1. The Morgan fingerprint density at radius 3 is 2.64 bits per heavy atom. The topological polar surface area (TPSA) is 122 Å². The molecule has 0 fully saturated rings. The lowest BCUT2D eigenvalue weighted by Crippen LogP contribution is -2.23. The fourth-order valence-corrected chi connectivity index (χ4v) is 2.00. The number of amides is 1. The summed E-state index contributed by atoms with van der Waals surface area (Å²) in [6.45, 7) is 0. The summed E-state index contributed by atoms with van der Waals surface area (Å²) in [6.07, 6.45) is 6.64. The van der Waals surface area contributed by atoms with Crippen molar-refractivity contribution in [3.05, 3.63) is 41.0 Å². The van der Waals surface area contributed by atoms with Crippen molar-refractivity contribution in [2.24, 2.45) is 10.9 Å². The number of aryl methyl sites for hydroxylation is 1. The Bertz CT molecular complexity index is 673. The van der Waals surface area contributed by atoms with Crippen LogP contribution < -0.4 is 11.2 Å². The molecule has 0 saturated heterocycles. The van der Waals surface area contributed by atoms with Crippen LogP contribution in [0, 0.1) is 0 Å². The second-order valence-electron chi connectivity index (χ2n) is 4.71. The molecule has 0 spiro atoms. The third kappa shape index (κ3) is 7.00. The highest BCUT2D eigenvalue weighted by atomic mass is 32.2. The highest BCUT2D eigenvalue weighted by Crippen LogP contribution is 2.22. The molecule has 8 heteroatoms. The van der Waals surface area contributed by atoms with E-state index in [1.165, 1.54) is 11.9 Å². The van der Waals surface area contributed by atoms with Gasteiger partial charge in [-0.2, -0.15) is 13.5 Å². The van der Waals surface area contributed by atoms with Gasteiger partial charge >= 0.3 is 0 Å². The number of nitrogens with zero attached hydrogens (tertiary/aromatic N) is 1. The third-order valence-electron chi connectivity index (χ3n) is 2.84. The summed E-state index contributed by atoms with van der Waals surface area (Å²) in [5.74, 6) is 4.82. The molecule has 4 N–H and O–H groups in total. The summed E-state index contributed by atoms with van der Waals surface area (Å²) >= 11 is 0. The van der Waals surface area contributed by atoms with Gasteiger partial charge in [0.1, 0.15) is 6.34 Å². The fraction of sp³-hybridized carbons (Fsp3) is 0.286. The van der Waals surface area contributed by atoms with Crippen LogP contribution >= 0.6 is 0 Å². The lowest BCUT2D eigenvalue weighted by atomic mass is 10.1. The van der Waals surface area contributed by atoms with Crippen LogP contribution in [0.25, 0.3) is 6.08 Å². The zero-order chi connectivity index (χ0) is 16.6. The van der Waals surface area contributed by atoms with Crippen molar-refractivity contribution in [3.8, 4) is 0 Å². The number of hydrogen-bond donors (Lipinski definition) is 3. The fourth-order valence-electron chi connectivity index (χ4n) is 2.00. The van der Waals surface area contributed by atoms with Crippen molar-refractivity contribution in [2.45, 2.75) is 19.3 Å². The van der Waals surface area contributed by atoms with Crippen LogP contribution in [-0.4, -0.2) is 31.5 Å². The van der Waals surface area contributed by atoms with Gasteiger partial charge in [0.2, 0.25) is 0 Å². The van der Waals surface area contributed by atoms with E-state index < -0.39 is 10.1 Å². The van der Waals surface area contributed by atoms with E-state index in [2.05, 4.69) is 16.5 Å². The maximum atomic E-state index is 11.8. The van der Waals surface area contributed by atoms with Crippen molar-refractivity contribution in [1.82, 2.24) is 5.32 Å². The molecule has 0 aromatic heterocycles. The summed E-state index contributed by atoms with van der Waals surface area (Å²) in [5, 5.41) is 5.79. The van der Waals surface area contributed by atoms with E-state index in [0.717, 1.165) is 30.4 Å². The van der Waals surface area contributed by atoms with Crippen LogP contribution in [0.5, 0.6) is 0 Å². The first-order valence-electron chi connectivity index (χ1n) is 6.55. The first-order chi connectivity index (χ1) is 10.3. The monoisotopic (exact) mass is 325 g/mol. The molecule has 0 aliphatic heterocycles. The molecule has 1 amide bonds. The Hall–Kier alpha value is -2.19. The molecule has 0 atom stereocenters. The van der Waals surface area contributed by atoms with Crippen molar-refractivity contribution >= 4 is 28.4 Å². The van der Waals surface area contributed by atoms with Gasteiger partial charge in [0, 0.05) is 5.57 Å². The van der Waals surface area contributed by atoms with Crippen molar-refractivity contribution in [2.75, 3.05) is 6.26 Å². The van der Waals surface area contributed by atoms with E-state index >= 15 is 0 Å². The summed E-state index contributed by atoms with van der Waals surface area (Å²) in [6, 6.07) is 8.15. The van der Waals surface area contributed by atoms with Crippen LogP contribution in [-0.2, 0) is 21.3 Å². The van der Waals surface area contributed by atoms with E-state index in [1.807, 2.05) is 24.3 Å². The molecular weight excluding hydrogens is 306 g/mol. The molecule has 1 aromatic carbocycles. The van der Waals surface area contributed by atoms with Crippen LogP contribution in [0.15, 0.2) is 34.9 Å². The van der Waals surface area contributed by atoms with Gasteiger partial charge in [-0.3, -0.25) is 9.35 Å². The van der Waals surface area contributed by atoms with E-state index in [0.29, 0.717) is 6.26 Å². The van der Waals surface area contributed by atoms with E-state index in [4.69, 9.17) is 10.4 Å². The Morgan fingerprint density at radius 2 is 2.00 bits per heavy atom. The van der Waals surface area contributed by atoms with Crippen LogP contribution in [0.3, 0.4) is 0 Å². The minimum Gasteiger partial charge on any atom is -0.322 e. The molecule has 0 radical (unpaired) electrons. The van der Waals surface area contributed by atoms with Gasteiger partial charge in [-0.05, 0) is 36.5 Å². The van der Waals surface area contributed by atoms with Gasteiger partial charge in [-0.1, -0.05) is 24.3 Å². The van der Waals surface area contributed by atoms with Crippen LogP contribution in [0.4, 0.5) is 0 Å². The molecule has 120 valence electrons. The Labute approximate surface area is 129 Å². The molecule has 0 heterocycles. The second kappa shape index (κ2) is 8.30.